The van der Waals surface area contributed by atoms with Crippen molar-refractivity contribution in [3.63, 3.8) is 0 Å². The standard InChI is InChI=1S/C25H19Cl2N3O2S/c1-31-17-8-6-16(7-9-17)30-24(23(29-25(30)33)20-4-2-3-13-28-20)22-12-11-21(32-22)18-10-5-15(26)14-19(18)27/h2-14,23-24H,1H3,(H,29,33)/t23-,24+/m1/s1. The smallest absolute Gasteiger partial charge is 0.174 e. The molecule has 1 aliphatic rings. The topological polar surface area (TPSA) is 50.5 Å². The summed E-state index contributed by atoms with van der Waals surface area (Å²) >= 11 is 18.2. The van der Waals surface area contributed by atoms with Crippen LogP contribution in [0.25, 0.3) is 11.3 Å². The molecule has 2 aromatic carbocycles. The lowest BCUT2D eigenvalue weighted by molar-refractivity contribution is 0.414. The molecule has 166 valence electrons. The molecule has 3 heterocycles. The number of thiocarbonyl (C=S) groups is 1. The maximum Gasteiger partial charge on any atom is 0.174 e. The lowest BCUT2D eigenvalue weighted by Crippen LogP contribution is -2.29. The number of methoxy groups -OCH3 is 1. The molecule has 0 saturated carbocycles. The summed E-state index contributed by atoms with van der Waals surface area (Å²) in [6.07, 6.45) is 1.77. The van der Waals surface area contributed by atoms with E-state index >= 15 is 0 Å². The first-order valence-corrected chi connectivity index (χ1v) is 11.4. The predicted molar refractivity (Wildman–Crippen MR) is 135 cm³/mol. The second kappa shape index (κ2) is 9.06. The van der Waals surface area contributed by atoms with Crippen LogP contribution in [0.1, 0.15) is 23.5 Å². The van der Waals surface area contributed by atoms with Gasteiger partial charge < -0.3 is 19.4 Å². The maximum atomic E-state index is 6.42. The number of aromatic nitrogens is 1. The third-order valence-corrected chi connectivity index (χ3v) is 6.43. The molecule has 2 aromatic heterocycles. The zero-order valence-electron chi connectivity index (χ0n) is 17.5. The molecule has 1 fully saturated rings. The van der Waals surface area contributed by atoms with Gasteiger partial charge in [0.15, 0.2) is 5.11 Å². The third-order valence-electron chi connectivity index (χ3n) is 5.56. The summed E-state index contributed by atoms with van der Waals surface area (Å²) in [5.74, 6) is 2.15. The van der Waals surface area contributed by atoms with Crippen LogP contribution in [0, 0.1) is 0 Å². The number of anilines is 1. The number of rotatable bonds is 5. The van der Waals surface area contributed by atoms with E-state index in [1.807, 2.05) is 65.6 Å². The normalized spacial score (nSPS) is 17.8. The Morgan fingerprint density at radius 1 is 1.03 bits per heavy atom. The number of furan rings is 1. The van der Waals surface area contributed by atoms with Crippen LogP contribution in [0.2, 0.25) is 10.0 Å². The van der Waals surface area contributed by atoms with E-state index in [2.05, 4.69) is 10.3 Å². The minimum absolute atomic E-state index is 0.208. The molecular formula is C25H19Cl2N3O2S. The molecule has 8 heteroatoms. The van der Waals surface area contributed by atoms with E-state index in [0.717, 1.165) is 28.5 Å². The van der Waals surface area contributed by atoms with Gasteiger partial charge in [-0.1, -0.05) is 29.3 Å². The van der Waals surface area contributed by atoms with Gasteiger partial charge in [0, 0.05) is 22.5 Å². The highest BCUT2D eigenvalue weighted by Crippen LogP contribution is 2.43. The zero-order valence-corrected chi connectivity index (χ0v) is 19.9. The number of benzene rings is 2. The van der Waals surface area contributed by atoms with Crippen LogP contribution in [0.15, 0.2) is 83.4 Å². The van der Waals surface area contributed by atoms with E-state index in [-0.39, 0.29) is 12.1 Å². The second-order valence-electron chi connectivity index (χ2n) is 7.52. The molecule has 33 heavy (non-hydrogen) atoms. The van der Waals surface area contributed by atoms with Crippen molar-refractivity contribution in [2.45, 2.75) is 12.1 Å². The quantitative estimate of drug-likeness (QED) is 0.306. The van der Waals surface area contributed by atoms with Crippen LogP contribution in [0.5, 0.6) is 5.75 Å². The molecule has 5 nitrogen and oxygen atoms in total. The van der Waals surface area contributed by atoms with Crippen molar-refractivity contribution in [1.82, 2.24) is 10.3 Å². The summed E-state index contributed by atoms with van der Waals surface area (Å²) in [5.41, 5.74) is 2.55. The van der Waals surface area contributed by atoms with Gasteiger partial charge >= 0.3 is 0 Å². The number of hydrogen-bond donors (Lipinski definition) is 1. The summed E-state index contributed by atoms with van der Waals surface area (Å²) in [5, 5.41) is 5.11. The Kier molecular flexibility index (Phi) is 5.98. The fraction of sp³-hybridized carbons (Fsp3) is 0.120. The van der Waals surface area contributed by atoms with E-state index in [4.69, 9.17) is 44.6 Å². The number of nitrogens with one attached hydrogen (secondary N) is 1. The summed E-state index contributed by atoms with van der Waals surface area (Å²) in [4.78, 5) is 6.61. The molecule has 0 aliphatic carbocycles. The van der Waals surface area contributed by atoms with Crippen LogP contribution in [0.3, 0.4) is 0 Å². The van der Waals surface area contributed by atoms with Crippen molar-refractivity contribution in [3.05, 3.63) is 100 Å². The molecule has 1 aliphatic heterocycles. The highest BCUT2D eigenvalue weighted by molar-refractivity contribution is 7.80. The largest absolute Gasteiger partial charge is 0.497 e. The van der Waals surface area contributed by atoms with Crippen molar-refractivity contribution in [3.8, 4) is 17.1 Å². The molecule has 0 spiro atoms. The molecule has 0 amide bonds. The van der Waals surface area contributed by atoms with Gasteiger partial charge in [0.25, 0.3) is 0 Å². The van der Waals surface area contributed by atoms with Crippen LogP contribution in [-0.4, -0.2) is 17.2 Å². The van der Waals surface area contributed by atoms with Gasteiger partial charge in [0.2, 0.25) is 0 Å². The molecule has 5 rings (SSSR count). The average Bonchev–Trinajstić information content (AvgIpc) is 3.44. The Hall–Kier alpha value is -3.06. The fourth-order valence-corrected chi connectivity index (χ4v) is 4.86. The molecule has 0 radical (unpaired) electrons. The lowest BCUT2D eigenvalue weighted by atomic mass is 10.0. The first-order chi connectivity index (χ1) is 16.0. The predicted octanol–water partition coefficient (Wildman–Crippen LogP) is 6.83. The number of ether oxygens (including phenoxy) is 1. The minimum Gasteiger partial charge on any atom is -0.497 e. The number of pyridine rings is 1. The molecule has 4 aromatic rings. The van der Waals surface area contributed by atoms with Crippen molar-refractivity contribution >= 4 is 46.2 Å². The van der Waals surface area contributed by atoms with Gasteiger partial charge in [0.05, 0.1) is 23.9 Å². The summed E-state index contributed by atoms with van der Waals surface area (Å²) in [7, 11) is 1.64. The van der Waals surface area contributed by atoms with Crippen molar-refractivity contribution in [2.75, 3.05) is 12.0 Å². The zero-order chi connectivity index (χ0) is 22.9. The first-order valence-electron chi connectivity index (χ1n) is 10.2. The third kappa shape index (κ3) is 4.17. The van der Waals surface area contributed by atoms with Gasteiger partial charge in [-0.15, -0.1) is 0 Å². The van der Waals surface area contributed by atoms with Gasteiger partial charge in [-0.3, -0.25) is 4.98 Å². The van der Waals surface area contributed by atoms with E-state index in [1.165, 1.54) is 0 Å². The molecule has 2 atom stereocenters. The van der Waals surface area contributed by atoms with E-state index in [9.17, 15) is 0 Å². The molecule has 0 unspecified atom stereocenters. The Bertz CT molecular complexity index is 1290. The molecular weight excluding hydrogens is 477 g/mol. The van der Waals surface area contributed by atoms with Crippen molar-refractivity contribution < 1.29 is 9.15 Å². The Labute approximate surface area is 206 Å². The highest BCUT2D eigenvalue weighted by atomic mass is 35.5. The van der Waals surface area contributed by atoms with Crippen LogP contribution in [-0.2, 0) is 0 Å². The Morgan fingerprint density at radius 2 is 1.85 bits per heavy atom. The molecule has 1 N–H and O–H groups in total. The van der Waals surface area contributed by atoms with Crippen LogP contribution >= 0.6 is 35.4 Å². The number of hydrogen-bond acceptors (Lipinski definition) is 4. The Morgan fingerprint density at radius 3 is 2.55 bits per heavy atom. The highest BCUT2D eigenvalue weighted by Gasteiger charge is 2.42. The fourth-order valence-electron chi connectivity index (χ4n) is 4.01. The molecule has 1 saturated heterocycles. The summed E-state index contributed by atoms with van der Waals surface area (Å²) in [6.45, 7) is 0. The Balaban J connectivity index is 1.59. The van der Waals surface area contributed by atoms with E-state index < -0.39 is 0 Å². The minimum atomic E-state index is -0.263. The summed E-state index contributed by atoms with van der Waals surface area (Å²) in [6, 6.07) is 22.3. The van der Waals surface area contributed by atoms with Crippen LogP contribution < -0.4 is 15.0 Å². The lowest BCUT2D eigenvalue weighted by Gasteiger charge is -2.26. The summed E-state index contributed by atoms with van der Waals surface area (Å²) < 4.78 is 11.7. The SMILES string of the molecule is COc1ccc(N2C(=S)N[C@H](c3ccccn3)[C@@H]2c2ccc(-c3ccc(Cl)cc3Cl)o2)cc1. The monoisotopic (exact) mass is 495 g/mol. The van der Waals surface area contributed by atoms with Gasteiger partial charge in [-0.25, -0.2) is 0 Å². The van der Waals surface area contributed by atoms with Crippen molar-refractivity contribution in [2.24, 2.45) is 0 Å². The second-order valence-corrected chi connectivity index (χ2v) is 8.75. The van der Waals surface area contributed by atoms with Gasteiger partial charge in [0.1, 0.15) is 23.3 Å². The maximum absolute atomic E-state index is 6.42. The number of nitrogens with zero attached hydrogens (tertiary/aromatic N) is 2. The number of halogens is 2. The van der Waals surface area contributed by atoms with Crippen molar-refractivity contribution in [1.29, 1.82) is 0 Å². The van der Waals surface area contributed by atoms with E-state index in [0.29, 0.717) is 20.9 Å². The van der Waals surface area contributed by atoms with Gasteiger partial charge in [-0.2, -0.15) is 0 Å². The van der Waals surface area contributed by atoms with Crippen LogP contribution in [0.4, 0.5) is 5.69 Å². The molecule has 0 bridgehead atoms. The van der Waals surface area contributed by atoms with Gasteiger partial charge in [-0.05, 0) is 78.9 Å². The first kappa shape index (κ1) is 21.8. The van der Waals surface area contributed by atoms with E-state index in [1.54, 1.807) is 25.4 Å². The average molecular weight is 496 g/mol.